The Morgan fingerprint density at radius 2 is 0.700 bits per heavy atom. The summed E-state index contributed by atoms with van der Waals surface area (Å²) in [5.74, 6) is 0. The first-order chi connectivity index (χ1) is 13.3. The molecule has 0 aromatic heterocycles. The van der Waals surface area contributed by atoms with Gasteiger partial charge in [-0.3, -0.25) is 0 Å². The van der Waals surface area contributed by atoms with Gasteiger partial charge in [0.15, 0.2) is 0 Å². The Hall–Kier alpha value is 0.388. The van der Waals surface area contributed by atoms with Crippen molar-refractivity contribution in [2.24, 2.45) is 0 Å². The molecule has 0 radical (unpaired) electrons. The number of hydrogen-bond acceptors (Lipinski definition) is 11. The summed E-state index contributed by atoms with van der Waals surface area (Å²) in [5, 5.41) is 8.60. The topological polar surface area (TPSA) is 144 Å². The average molecular weight is 517 g/mol. The molecule has 188 valence electrons. The highest BCUT2D eigenvalue weighted by atomic mass is 28.5. The maximum absolute atomic E-state index is 8.60. The molecule has 0 amide bonds. The summed E-state index contributed by atoms with van der Waals surface area (Å²) in [6.45, 7) is 7.20. The van der Waals surface area contributed by atoms with Crippen molar-refractivity contribution < 1.29 is 54.5 Å². The molecule has 0 spiro atoms. The summed E-state index contributed by atoms with van der Waals surface area (Å²) < 4.78 is 50.8. The molecule has 0 heterocycles. The van der Waals surface area contributed by atoms with Crippen LogP contribution in [0.5, 0.6) is 0 Å². The van der Waals surface area contributed by atoms with Gasteiger partial charge in [0.25, 0.3) is 0 Å². The molecule has 0 aliphatic rings. The molecule has 0 aliphatic heterocycles. The fraction of sp³-hybridized carbons (Fsp3) is 1.00. The van der Waals surface area contributed by atoms with E-state index in [0.717, 1.165) is 0 Å². The minimum Gasteiger partial charge on any atom is -0.412 e. The predicted molar refractivity (Wildman–Crippen MR) is 121 cm³/mol. The van der Waals surface area contributed by atoms with Crippen molar-refractivity contribution in [2.45, 2.75) is 26.2 Å². The maximum Gasteiger partial charge on any atom is 0.496 e. The van der Waals surface area contributed by atoms with Crippen LogP contribution in [0.15, 0.2) is 0 Å². The minimum absolute atomic E-state index is 0. The van der Waals surface area contributed by atoms with Gasteiger partial charge in [-0.05, 0) is 6.55 Å². The highest BCUT2D eigenvalue weighted by Gasteiger charge is 2.45. The summed E-state index contributed by atoms with van der Waals surface area (Å²) in [5.41, 5.74) is 0. The van der Waals surface area contributed by atoms with Crippen LogP contribution >= 0.6 is 0 Å². The third kappa shape index (κ3) is 16.1. The monoisotopic (exact) mass is 516 g/mol. The van der Waals surface area contributed by atoms with Crippen molar-refractivity contribution in [1.29, 1.82) is 0 Å². The van der Waals surface area contributed by atoms with Gasteiger partial charge in [-0.1, -0.05) is 0 Å². The summed E-state index contributed by atoms with van der Waals surface area (Å²) >= 11 is 0. The van der Waals surface area contributed by atoms with E-state index in [1.54, 1.807) is 83.6 Å². The first-order valence-corrected chi connectivity index (χ1v) is 17.8. The van der Waals surface area contributed by atoms with E-state index in [-0.39, 0.29) is 11.7 Å². The van der Waals surface area contributed by atoms with Gasteiger partial charge < -0.3 is 54.5 Å². The quantitative estimate of drug-likeness (QED) is 0.357. The van der Waals surface area contributed by atoms with Gasteiger partial charge in [0.1, 0.15) is 0 Å². The number of hydrogen-bond donors (Lipinski definition) is 1. The molecule has 0 saturated heterocycles. The summed E-state index contributed by atoms with van der Waals surface area (Å²) in [6.07, 6.45) is 0.0139. The third-order valence-corrected chi connectivity index (χ3v) is 14.6. The highest BCUT2D eigenvalue weighted by Crippen LogP contribution is 2.16. The second-order valence-corrected chi connectivity index (χ2v) is 18.1. The van der Waals surface area contributed by atoms with Crippen LogP contribution in [-0.2, 0) is 43.9 Å². The van der Waals surface area contributed by atoms with Crippen LogP contribution in [0.1, 0.15) is 0 Å². The average Bonchev–Trinajstić information content (AvgIpc) is 2.78. The van der Waals surface area contributed by atoms with Crippen LogP contribution in [0.4, 0.5) is 0 Å². The summed E-state index contributed by atoms with van der Waals surface area (Å²) in [6, 6.07) is 0. The first-order valence-electron chi connectivity index (χ1n) is 8.59. The molecule has 0 aromatic rings. The molecule has 0 aromatic carbocycles. The normalized spacial score (nSPS) is 12.2. The van der Waals surface area contributed by atoms with Crippen LogP contribution in [0, 0.1) is 0 Å². The van der Waals surface area contributed by atoms with Crippen molar-refractivity contribution in [3.05, 3.63) is 0 Å². The lowest BCUT2D eigenvalue weighted by Crippen LogP contribution is -2.53. The van der Waals surface area contributed by atoms with Gasteiger partial charge in [-0.25, -0.2) is 0 Å². The number of aliphatic hydroxyl groups is 1. The highest BCUT2D eigenvalue weighted by molar-refractivity contribution is 6.73. The minimum atomic E-state index is -2.56. The van der Waals surface area contributed by atoms with E-state index < -0.39 is 35.0 Å². The predicted octanol–water partition coefficient (Wildman–Crippen LogP) is 0.278. The fourth-order valence-corrected chi connectivity index (χ4v) is 6.42. The molecule has 0 aliphatic carbocycles. The molecule has 16 heteroatoms. The Morgan fingerprint density at radius 3 is 0.767 bits per heavy atom. The van der Waals surface area contributed by atoms with Crippen molar-refractivity contribution in [1.82, 2.24) is 0 Å². The zero-order valence-corrected chi connectivity index (χ0v) is 24.7. The Balaban J connectivity index is -0.000000174. The van der Waals surface area contributed by atoms with Crippen molar-refractivity contribution in [3.63, 3.8) is 0 Å². The molecule has 0 rings (SSSR count). The molecule has 0 atom stereocenters. The van der Waals surface area contributed by atoms with E-state index in [4.69, 9.17) is 49.1 Å². The molecular weight excluding hydrogens is 472 g/mol. The fourth-order valence-electron chi connectivity index (χ4n) is 1.13. The van der Waals surface area contributed by atoms with Crippen LogP contribution < -0.4 is 0 Å². The van der Waals surface area contributed by atoms with E-state index in [9.17, 15) is 0 Å². The smallest absolute Gasteiger partial charge is 0.412 e. The van der Waals surface area contributed by atoms with Crippen LogP contribution in [0.25, 0.3) is 0 Å². The summed E-state index contributed by atoms with van der Waals surface area (Å²) in [7, 11) is 4.64. The lowest BCUT2D eigenvalue weighted by Gasteiger charge is -2.31. The molecular formula is C14H44O12Si4. The van der Waals surface area contributed by atoms with Crippen molar-refractivity contribution in [2.75, 3.05) is 70.2 Å². The maximum atomic E-state index is 8.60. The zero-order chi connectivity index (χ0) is 23.8. The molecule has 30 heavy (non-hydrogen) atoms. The lowest BCUT2D eigenvalue weighted by atomic mass is 11.7. The van der Waals surface area contributed by atoms with Gasteiger partial charge in [0.05, 0.1) is 6.23 Å². The Morgan fingerprint density at radius 1 is 0.467 bits per heavy atom. The van der Waals surface area contributed by atoms with E-state index in [0.29, 0.717) is 0 Å². The van der Waals surface area contributed by atoms with E-state index >= 15 is 0 Å². The standard InChI is InChI=1S/C6H18O5Si2.2C4H12O3Si.H2O/c1-7-12(5,8-2)11-13(6,9-3)10-4;1-6-8(3,4-5)7-2;1-5-8(4,6-2)7-3;/h1-6H3;5H,4H2,1-3H3;1-4H3;1H2. The Kier molecular flexibility index (Phi) is 23.8. The molecule has 12 nitrogen and oxygen atoms in total. The van der Waals surface area contributed by atoms with Gasteiger partial charge in [0, 0.05) is 83.6 Å². The Labute approximate surface area is 186 Å². The van der Waals surface area contributed by atoms with Crippen LogP contribution in [0.3, 0.4) is 0 Å². The van der Waals surface area contributed by atoms with E-state index in [2.05, 4.69) is 0 Å². The third-order valence-electron chi connectivity index (χ3n) is 4.12. The molecule has 0 fully saturated rings. The molecule has 0 saturated carbocycles. The van der Waals surface area contributed by atoms with Gasteiger partial charge >= 0.3 is 35.0 Å². The van der Waals surface area contributed by atoms with Gasteiger partial charge in [-0.2, -0.15) is 0 Å². The van der Waals surface area contributed by atoms with Gasteiger partial charge in [-0.15, -0.1) is 0 Å². The van der Waals surface area contributed by atoms with Crippen LogP contribution in [-0.4, -0.2) is 116 Å². The number of rotatable bonds is 12. The van der Waals surface area contributed by atoms with E-state index in [1.165, 1.54) is 0 Å². The molecule has 0 bridgehead atoms. The Bertz CT molecular complexity index is 327. The SMILES string of the molecule is CO[Si](C)(CO)OC.CO[Si](C)(OC)OC.CO[Si](C)(OC)O[Si](C)(OC)OC.O. The van der Waals surface area contributed by atoms with E-state index in [1.807, 2.05) is 6.55 Å². The second-order valence-electron chi connectivity index (χ2n) is 5.82. The second kappa shape index (κ2) is 18.9. The van der Waals surface area contributed by atoms with Gasteiger partial charge in [0.2, 0.25) is 0 Å². The number of aliphatic hydroxyl groups excluding tert-OH is 1. The largest absolute Gasteiger partial charge is 0.496 e. The first kappa shape index (κ1) is 37.7. The molecule has 3 N–H and O–H groups in total. The lowest BCUT2D eigenvalue weighted by molar-refractivity contribution is 0.0964. The zero-order valence-electron chi connectivity index (χ0n) is 20.7. The van der Waals surface area contributed by atoms with Crippen molar-refractivity contribution >= 4 is 35.0 Å². The van der Waals surface area contributed by atoms with Crippen molar-refractivity contribution in [3.8, 4) is 0 Å². The van der Waals surface area contributed by atoms with Crippen LogP contribution in [0.2, 0.25) is 26.2 Å². The summed E-state index contributed by atoms with van der Waals surface area (Å²) in [4.78, 5) is 0. The molecule has 0 unspecified atom stereocenters.